The second kappa shape index (κ2) is 8.21. The summed E-state index contributed by atoms with van der Waals surface area (Å²) in [7, 11) is 6.54. The van der Waals surface area contributed by atoms with Crippen molar-refractivity contribution < 1.29 is 39.3 Å². The average Bonchev–Trinajstić information content (AvgIpc) is 2.75. The molecule has 3 aliphatic carbocycles. The van der Waals surface area contributed by atoms with Gasteiger partial charge in [-0.1, -0.05) is 0 Å². The lowest BCUT2D eigenvalue weighted by atomic mass is 9.52. The molecule has 1 aromatic carbocycles. The van der Waals surface area contributed by atoms with Crippen LogP contribution in [0.4, 0.5) is 5.69 Å². The molecule has 0 aromatic heterocycles. The van der Waals surface area contributed by atoms with Gasteiger partial charge in [-0.2, -0.15) is 0 Å². The van der Waals surface area contributed by atoms with E-state index in [0.717, 1.165) is 0 Å². The summed E-state index contributed by atoms with van der Waals surface area (Å²) in [6, 6.07) is 0.423. The number of fused-ring (bicyclic) bond motifs is 3. The molecule has 2 unspecified atom stereocenters. The summed E-state index contributed by atoms with van der Waals surface area (Å²) in [6.07, 6.45) is 0.151. The number of hydrogen-bond donors (Lipinski definition) is 4. The standard InChI is InChI=1S/C24H29N3O8/c1-26(2)13-7-10(8-28)18(29)15-11(13)5-9-6-12-17(27(3)4)20(31)16(23(25)34)22(33)24(12,35)21(32)14(9)19(15)30/h7,9,12,14,16-17,28-29,35H,5-6,8H2,1-4H3,(H2,25,34)/t9-,12-,14?,16?,17-,24-/m0/s1. The van der Waals surface area contributed by atoms with Crippen molar-refractivity contribution >= 4 is 34.7 Å². The van der Waals surface area contributed by atoms with Crippen molar-refractivity contribution in [1.82, 2.24) is 4.90 Å². The van der Waals surface area contributed by atoms with E-state index in [4.69, 9.17) is 5.73 Å². The number of aliphatic hydroxyl groups is 2. The van der Waals surface area contributed by atoms with E-state index >= 15 is 0 Å². The molecule has 1 aromatic rings. The van der Waals surface area contributed by atoms with Gasteiger partial charge in [-0.15, -0.1) is 0 Å². The zero-order valence-corrected chi connectivity index (χ0v) is 19.9. The topological polar surface area (TPSA) is 179 Å². The highest BCUT2D eigenvalue weighted by Gasteiger charge is 2.69. The number of likely N-dealkylation sites (N-methyl/N-ethyl adjacent to an activating group) is 1. The van der Waals surface area contributed by atoms with Gasteiger partial charge in [0.2, 0.25) is 5.91 Å². The number of primary amides is 1. The van der Waals surface area contributed by atoms with Gasteiger partial charge >= 0.3 is 0 Å². The number of aromatic hydroxyl groups is 1. The maximum Gasteiger partial charge on any atom is 0.235 e. The van der Waals surface area contributed by atoms with Crippen LogP contribution in [-0.2, 0) is 32.2 Å². The number of benzene rings is 1. The van der Waals surface area contributed by atoms with Gasteiger partial charge in [0.05, 0.1) is 24.1 Å². The molecule has 0 spiro atoms. The molecule has 11 nitrogen and oxygen atoms in total. The number of Topliss-reactive ketones (excluding diaryl/α,β-unsaturated/α-hetero) is 4. The van der Waals surface area contributed by atoms with E-state index in [2.05, 4.69) is 0 Å². The summed E-state index contributed by atoms with van der Waals surface area (Å²) >= 11 is 0. The molecule has 1 amide bonds. The molecule has 4 rings (SSSR count). The predicted molar refractivity (Wildman–Crippen MR) is 122 cm³/mol. The van der Waals surface area contributed by atoms with Crippen molar-refractivity contribution in [2.45, 2.75) is 31.1 Å². The van der Waals surface area contributed by atoms with Crippen LogP contribution in [0.15, 0.2) is 6.07 Å². The first kappa shape index (κ1) is 25.0. The van der Waals surface area contributed by atoms with Crippen molar-refractivity contribution in [3.63, 3.8) is 0 Å². The first-order valence-corrected chi connectivity index (χ1v) is 11.3. The van der Waals surface area contributed by atoms with Gasteiger partial charge in [0, 0.05) is 31.3 Å². The smallest absolute Gasteiger partial charge is 0.235 e. The Hall–Kier alpha value is -3.15. The van der Waals surface area contributed by atoms with Crippen LogP contribution in [0.2, 0.25) is 0 Å². The Morgan fingerprint density at radius 1 is 1.14 bits per heavy atom. The molecular weight excluding hydrogens is 458 g/mol. The summed E-state index contributed by atoms with van der Waals surface area (Å²) in [4.78, 5) is 68.9. The van der Waals surface area contributed by atoms with Crippen molar-refractivity contribution in [3.8, 4) is 5.75 Å². The summed E-state index contributed by atoms with van der Waals surface area (Å²) in [5, 5.41) is 32.0. The van der Waals surface area contributed by atoms with Gasteiger partial charge in [-0.25, -0.2) is 0 Å². The third kappa shape index (κ3) is 3.25. The zero-order valence-electron chi connectivity index (χ0n) is 19.9. The van der Waals surface area contributed by atoms with Crippen LogP contribution in [0.25, 0.3) is 0 Å². The van der Waals surface area contributed by atoms with Gasteiger partial charge in [0.25, 0.3) is 0 Å². The summed E-state index contributed by atoms with van der Waals surface area (Å²) in [5.74, 6) is -11.0. The van der Waals surface area contributed by atoms with Crippen LogP contribution in [0, 0.1) is 23.7 Å². The number of hydrogen-bond acceptors (Lipinski definition) is 10. The lowest BCUT2D eigenvalue weighted by Crippen LogP contribution is -2.74. The third-order valence-electron chi connectivity index (χ3n) is 7.77. The second-order valence-electron chi connectivity index (χ2n) is 10.1. The molecule has 3 aliphatic rings. The molecule has 0 saturated heterocycles. The number of aliphatic hydroxyl groups excluding tert-OH is 1. The van der Waals surface area contributed by atoms with Gasteiger partial charge in [-0.3, -0.25) is 28.9 Å². The Morgan fingerprint density at radius 2 is 1.77 bits per heavy atom. The SMILES string of the molecule is CN(C)c1cc(CO)c(O)c2c1C[C@H]1C[C@H]3[C@H](N(C)C)C(=O)C(C(N)=O)C(=O)[C@@]3(O)C(=O)C1C2=O. The summed E-state index contributed by atoms with van der Waals surface area (Å²) < 4.78 is 0. The number of carbonyl (C=O) groups excluding carboxylic acids is 5. The first-order valence-electron chi connectivity index (χ1n) is 11.3. The van der Waals surface area contributed by atoms with E-state index in [9.17, 15) is 39.3 Å². The van der Waals surface area contributed by atoms with Crippen LogP contribution >= 0.6 is 0 Å². The highest BCUT2D eigenvalue weighted by Crippen LogP contribution is 2.52. The Labute approximate surface area is 201 Å². The third-order valence-corrected chi connectivity index (χ3v) is 7.77. The van der Waals surface area contributed by atoms with E-state index in [1.807, 2.05) is 0 Å². The van der Waals surface area contributed by atoms with Crippen LogP contribution in [0.3, 0.4) is 0 Å². The van der Waals surface area contributed by atoms with E-state index < -0.39 is 76.7 Å². The molecule has 6 atom stereocenters. The lowest BCUT2D eigenvalue weighted by Gasteiger charge is -2.52. The highest BCUT2D eigenvalue weighted by molar-refractivity contribution is 6.32. The minimum atomic E-state index is -2.76. The number of carbonyl (C=O) groups is 5. The monoisotopic (exact) mass is 487 g/mol. The van der Waals surface area contributed by atoms with Gasteiger partial charge < -0.3 is 26.0 Å². The average molecular weight is 488 g/mol. The number of ketones is 4. The number of rotatable bonds is 4. The molecule has 2 saturated carbocycles. The molecule has 2 fully saturated rings. The molecule has 35 heavy (non-hydrogen) atoms. The molecule has 0 bridgehead atoms. The van der Waals surface area contributed by atoms with Crippen molar-refractivity contribution in [2.75, 3.05) is 33.1 Å². The van der Waals surface area contributed by atoms with E-state index in [1.54, 1.807) is 25.1 Å². The first-order chi connectivity index (χ1) is 16.3. The fraction of sp³-hybridized carbons (Fsp3) is 0.542. The maximum absolute atomic E-state index is 13.8. The number of anilines is 1. The largest absolute Gasteiger partial charge is 0.507 e. The van der Waals surface area contributed by atoms with Gasteiger partial charge in [0.1, 0.15) is 5.75 Å². The molecular formula is C24H29N3O8. The van der Waals surface area contributed by atoms with E-state index in [-0.39, 0.29) is 24.0 Å². The fourth-order valence-corrected chi connectivity index (χ4v) is 6.23. The highest BCUT2D eigenvalue weighted by atomic mass is 16.3. The minimum Gasteiger partial charge on any atom is -0.507 e. The van der Waals surface area contributed by atoms with Crippen molar-refractivity contribution in [2.24, 2.45) is 29.4 Å². The summed E-state index contributed by atoms with van der Waals surface area (Å²) in [6.45, 7) is -0.549. The minimum absolute atomic E-state index is 0.0146. The molecule has 0 heterocycles. The molecule has 188 valence electrons. The summed E-state index contributed by atoms with van der Waals surface area (Å²) in [5.41, 5.74) is 3.58. The van der Waals surface area contributed by atoms with E-state index in [0.29, 0.717) is 11.3 Å². The van der Waals surface area contributed by atoms with Gasteiger partial charge in [0.15, 0.2) is 34.7 Å². The Bertz CT molecular complexity index is 1180. The van der Waals surface area contributed by atoms with Crippen LogP contribution in [0.5, 0.6) is 5.75 Å². The number of amides is 1. The van der Waals surface area contributed by atoms with E-state index in [1.165, 1.54) is 19.0 Å². The molecule has 11 heteroatoms. The maximum atomic E-state index is 13.8. The van der Waals surface area contributed by atoms with Crippen molar-refractivity contribution in [3.05, 3.63) is 22.8 Å². The number of nitrogens with two attached hydrogens (primary N) is 1. The Balaban J connectivity index is 1.91. The van der Waals surface area contributed by atoms with Crippen molar-refractivity contribution in [1.29, 1.82) is 0 Å². The van der Waals surface area contributed by atoms with Crippen LogP contribution in [-0.4, -0.2) is 89.1 Å². The molecule has 0 radical (unpaired) electrons. The number of nitrogens with zero attached hydrogens (tertiary/aromatic N) is 2. The predicted octanol–water partition coefficient (Wildman–Crippen LogP) is -1.57. The Morgan fingerprint density at radius 3 is 2.29 bits per heavy atom. The van der Waals surface area contributed by atoms with Gasteiger partial charge in [-0.05, 0) is 44.5 Å². The normalized spacial score (nSPS) is 32.3. The number of phenols is 1. The van der Waals surface area contributed by atoms with Crippen LogP contribution < -0.4 is 10.6 Å². The molecule has 5 N–H and O–H groups in total. The second-order valence-corrected chi connectivity index (χ2v) is 10.1. The Kier molecular flexibility index (Phi) is 5.86. The van der Waals surface area contributed by atoms with Crippen LogP contribution in [0.1, 0.15) is 27.9 Å². The lowest BCUT2D eigenvalue weighted by molar-refractivity contribution is -0.181. The zero-order chi connectivity index (χ0) is 26.1. The molecule has 0 aliphatic heterocycles. The fourth-order valence-electron chi connectivity index (χ4n) is 6.23. The quantitative estimate of drug-likeness (QED) is 0.362.